The van der Waals surface area contributed by atoms with Gasteiger partial charge in [-0.1, -0.05) is 17.3 Å². The highest BCUT2D eigenvalue weighted by atomic mass is 79.9. The maximum Gasteiger partial charge on any atom is 0.252 e. The van der Waals surface area contributed by atoms with Crippen LogP contribution in [0.4, 0.5) is 5.82 Å². The van der Waals surface area contributed by atoms with Gasteiger partial charge in [0.25, 0.3) is 5.91 Å². The predicted molar refractivity (Wildman–Crippen MR) is 81.0 cm³/mol. The largest absolute Gasteiger partial charge is 0.360 e. The molecule has 0 saturated carbocycles. The topological polar surface area (TPSA) is 84.2 Å². The summed E-state index contributed by atoms with van der Waals surface area (Å²) in [7, 11) is 0. The number of carbonyl (C=O) groups excluding carboxylic acids is 2. The number of anilines is 1. The van der Waals surface area contributed by atoms with E-state index in [1.807, 2.05) is 6.07 Å². The molecule has 0 fully saturated rings. The quantitative estimate of drug-likeness (QED) is 0.866. The number of aromatic nitrogens is 1. The lowest BCUT2D eigenvalue weighted by atomic mass is 10.2. The average molecular weight is 352 g/mol. The van der Waals surface area contributed by atoms with Crippen LogP contribution in [-0.4, -0.2) is 23.5 Å². The van der Waals surface area contributed by atoms with Crippen molar-refractivity contribution in [1.29, 1.82) is 0 Å². The van der Waals surface area contributed by atoms with E-state index >= 15 is 0 Å². The van der Waals surface area contributed by atoms with Crippen LogP contribution in [0.2, 0.25) is 0 Å². The van der Waals surface area contributed by atoms with E-state index in [4.69, 9.17) is 4.52 Å². The third kappa shape index (κ3) is 4.42. The van der Waals surface area contributed by atoms with Crippen molar-refractivity contribution in [3.05, 3.63) is 46.1 Å². The molecule has 2 N–H and O–H groups in total. The fourth-order valence-electron chi connectivity index (χ4n) is 1.66. The lowest BCUT2D eigenvalue weighted by molar-refractivity contribution is -0.116. The van der Waals surface area contributed by atoms with Crippen LogP contribution >= 0.6 is 15.9 Å². The van der Waals surface area contributed by atoms with E-state index in [1.54, 1.807) is 31.2 Å². The van der Waals surface area contributed by atoms with Crippen molar-refractivity contribution in [2.75, 3.05) is 11.9 Å². The van der Waals surface area contributed by atoms with E-state index in [2.05, 4.69) is 31.7 Å². The van der Waals surface area contributed by atoms with E-state index in [0.717, 1.165) is 0 Å². The summed E-state index contributed by atoms with van der Waals surface area (Å²) in [6.45, 7) is 1.98. The van der Waals surface area contributed by atoms with Gasteiger partial charge in [0.15, 0.2) is 5.82 Å². The number of hydrogen-bond donors (Lipinski definition) is 2. The highest BCUT2D eigenvalue weighted by Gasteiger charge is 2.10. The van der Waals surface area contributed by atoms with Crippen molar-refractivity contribution in [3.8, 4) is 0 Å². The second-order valence-corrected chi connectivity index (χ2v) is 5.21. The standard InChI is InChI=1S/C14H14BrN3O3/c1-9-8-12(18-21-9)17-13(19)6-7-16-14(20)10-4-2-3-5-11(10)15/h2-5,8H,6-7H2,1H3,(H,16,20)(H,17,18,19). The van der Waals surface area contributed by atoms with Crippen LogP contribution in [0.25, 0.3) is 0 Å². The van der Waals surface area contributed by atoms with Gasteiger partial charge in [-0.05, 0) is 35.0 Å². The van der Waals surface area contributed by atoms with Gasteiger partial charge in [0.2, 0.25) is 5.91 Å². The summed E-state index contributed by atoms with van der Waals surface area (Å²) in [4.78, 5) is 23.6. The van der Waals surface area contributed by atoms with Crippen LogP contribution in [0.3, 0.4) is 0 Å². The molecule has 0 unspecified atom stereocenters. The summed E-state index contributed by atoms with van der Waals surface area (Å²) in [5.41, 5.74) is 0.532. The number of benzene rings is 1. The molecule has 2 rings (SSSR count). The third-order valence-electron chi connectivity index (χ3n) is 2.65. The van der Waals surface area contributed by atoms with Crippen molar-refractivity contribution in [3.63, 3.8) is 0 Å². The zero-order valence-electron chi connectivity index (χ0n) is 11.4. The van der Waals surface area contributed by atoms with Crippen LogP contribution in [0.15, 0.2) is 39.3 Å². The zero-order valence-corrected chi connectivity index (χ0v) is 12.9. The Morgan fingerprint density at radius 1 is 1.33 bits per heavy atom. The Labute approximate surface area is 130 Å². The average Bonchev–Trinajstić information content (AvgIpc) is 2.84. The van der Waals surface area contributed by atoms with Gasteiger partial charge in [0.05, 0.1) is 5.56 Å². The van der Waals surface area contributed by atoms with Crippen LogP contribution in [-0.2, 0) is 4.79 Å². The number of aryl methyl sites for hydroxylation is 1. The van der Waals surface area contributed by atoms with Gasteiger partial charge < -0.3 is 15.2 Å². The highest BCUT2D eigenvalue weighted by molar-refractivity contribution is 9.10. The molecule has 0 atom stereocenters. The lowest BCUT2D eigenvalue weighted by Gasteiger charge is -2.06. The number of rotatable bonds is 5. The summed E-state index contributed by atoms with van der Waals surface area (Å²) in [5, 5.41) is 8.93. The van der Waals surface area contributed by atoms with Gasteiger partial charge in [-0.25, -0.2) is 0 Å². The summed E-state index contributed by atoms with van der Waals surface area (Å²) < 4.78 is 5.55. The Balaban J connectivity index is 1.77. The van der Waals surface area contributed by atoms with Crippen molar-refractivity contribution >= 4 is 33.6 Å². The first-order valence-electron chi connectivity index (χ1n) is 6.32. The first-order chi connectivity index (χ1) is 10.1. The zero-order chi connectivity index (χ0) is 15.2. The lowest BCUT2D eigenvalue weighted by Crippen LogP contribution is -2.27. The van der Waals surface area contributed by atoms with E-state index in [-0.39, 0.29) is 24.8 Å². The number of halogens is 1. The molecular weight excluding hydrogens is 338 g/mol. The monoisotopic (exact) mass is 351 g/mol. The smallest absolute Gasteiger partial charge is 0.252 e. The second kappa shape index (κ2) is 7.03. The summed E-state index contributed by atoms with van der Waals surface area (Å²) in [5.74, 6) is 0.519. The van der Waals surface area contributed by atoms with Crippen LogP contribution < -0.4 is 10.6 Å². The second-order valence-electron chi connectivity index (χ2n) is 4.36. The molecule has 0 aliphatic rings. The minimum atomic E-state index is -0.240. The number of carbonyl (C=O) groups is 2. The van der Waals surface area contributed by atoms with Gasteiger partial charge in [-0.15, -0.1) is 0 Å². The molecule has 110 valence electrons. The maximum atomic E-state index is 11.9. The minimum Gasteiger partial charge on any atom is -0.360 e. The molecule has 2 aromatic rings. The molecule has 0 aliphatic carbocycles. The van der Waals surface area contributed by atoms with Crippen LogP contribution in [0.1, 0.15) is 22.5 Å². The Morgan fingerprint density at radius 2 is 2.10 bits per heavy atom. The Bertz CT molecular complexity index is 654. The van der Waals surface area contributed by atoms with E-state index in [0.29, 0.717) is 21.6 Å². The van der Waals surface area contributed by atoms with E-state index in [1.165, 1.54) is 0 Å². The molecular formula is C14H14BrN3O3. The maximum absolute atomic E-state index is 11.9. The number of amides is 2. The molecule has 2 amide bonds. The number of nitrogens with zero attached hydrogens (tertiary/aromatic N) is 1. The molecule has 21 heavy (non-hydrogen) atoms. The Morgan fingerprint density at radius 3 is 2.76 bits per heavy atom. The first kappa shape index (κ1) is 15.2. The molecule has 1 aromatic carbocycles. The van der Waals surface area contributed by atoms with Crippen LogP contribution in [0, 0.1) is 6.92 Å². The molecule has 0 spiro atoms. The number of hydrogen-bond acceptors (Lipinski definition) is 4. The molecule has 6 nitrogen and oxygen atoms in total. The van der Waals surface area contributed by atoms with Crippen molar-refractivity contribution < 1.29 is 14.1 Å². The summed E-state index contributed by atoms with van der Waals surface area (Å²) in [6.07, 6.45) is 0.155. The third-order valence-corrected chi connectivity index (χ3v) is 3.34. The molecule has 0 aliphatic heterocycles. The van der Waals surface area contributed by atoms with Gasteiger partial charge >= 0.3 is 0 Å². The number of nitrogens with one attached hydrogen (secondary N) is 2. The van der Waals surface area contributed by atoms with E-state index in [9.17, 15) is 9.59 Å². The van der Waals surface area contributed by atoms with Gasteiger partial charge in [0, 0.05) is 23.5 Å². The van der Waals surface area contributed by atoms with Crippen molar-refractivity contribution in [2.24, 2.45) is 0 Å². The van der Waals surface area contributed by atoms with E-state index < -0.39 is 0 Å². The first-order valence-corrected chi connectivity index (χ1v) is 7.11. The molecule has 7 heteroatoms. The van der Waals surface area contributed by atoms with Crippen molar-refractivity contribution in [2.45, 2.75) is 13.3 Å². The predicted octanol–water partition coefficient (Wildman–Crippen LogP) is 2.50. The fourth-order valence-corrected chi connectivity index (χ4v) is 2.13. The summed E-state index contributed by atoms with van der Waals surface area (Å²) in [6, 6.07) is 8.72. The highest BCUT2D eigenvalue weighted by Crippen LogP contribution is 2.15. The normalized spacial score (nSPS) is 10.2. The van der Waals surface area contributed by atoms with Gasteiger partial charge in [0.1, 0.15) is 5.76 Å². The Kier molecular flexibility index (Phi) is 5.10. The minimum absolute atomic E-state index is 0.155. The molecule has 1 aromatic heterocycles. The molecule has 0 radical (unpaired) electrons. The van der Waals surface area contributed by atoms with Gasteiger partial charge in [-0.2, -0.15) is 0 Å². The fraction of sp³-hybridized carbons (Fsp3) is 0.214. The van der Waals surface area contributed by atoms with Gasteiger partial charge in [-0.3, -0.25) is 9.59 Å². The molecule has 0 bridgehead atoms. The summed E-state index contributed by atoms with van der Waals surface area (Å²) >= 11 is 3.31. The Hall–Kier alpha value is -2.15. The van der Waals surface area contributed by atoms with Crippen LogP contribution in [0.5, 0.6) is 0 Å². The molecule has 0 saturated heterocycles. The molecule has 1 heterocycles. The van der Waals surface area contributed by atoms with Crippen molar-refractivity contribution in [1.82, 2.24) is 10.5 Å². The SMILES string of the molecule is Cc1cc(NC(=O)CCNC(=O)c2ccccc2Br)no1.